The lowest BCUT2D eigenvalue weighted by Gasteiger charge is -2.55. The van der Waals surface area contributed by atoms with Gasteiger partial charge in [-0.3, -0.25) is 38.6 Å². The number of carboxylic acids is 1. The Morgan fingerprint density at radius 2 is 0.871 bits per heavy atom. The second-order valence-corrected chi connectivity index (χ2v) is 26.2. The zero-order chi connectivity index (χ0) is 48.9. The van der Waals surface area contributed by atoms with Crippen LogP contribution in [0.3, 0.4) is 0 Å². The number of carbonyl (C=O) groups is 6. The molecule has 0 aromatic rings. The quantitative estimate of drug-likeness (QED) is 0.0942. The third kappa shape index (κ3) is 10.7. The molecule has 62 heavy (non-hydrogen) atoms. The maximum Gasteiger partial charge on any atom is 0.310 e. The van der Waals surface area contributed by atoms with Crippen molar-refractivity contribution in [2.24, 2.45) is 84.2 Å². The monoisotopic (exact) mass is 873 g/mol. The molecule has 10 heteroatoms. The van der Waals surface area contributed by atoms with E-state index < -0.39 is 90.8 Å². The summed E-state index contributed by atoms with van der Waals surface area (Å²) >= 11 is 0. The first-order chi connectivity index (χ1) is 27.6. The van der Waals surface area contributed by atoms with Gasteiger partial charge in [0.25, 0.3) is 0 Å². The van der Waals surface area contributed by atoms with Gasteiger partial charge in [-0.05, 0) is 87.8 Å². The van der Waals surface area contributed by atoms with E-state index in [1.165, 1.54) is 9.80 Å². The minimum absolute atomic E-state index is 0.0779. The van der Waals surface area contributed by atoms with E-state index in [-0.39, 0.29) is 35.7 Å². The molecule has 2 saturated heterocycles. The van der Waals surface area contributed by atoms with E-state index in [4.69, 9.17) is 4.74 Å². The molecular weight excluding hydrogens is 781 g/mol. The van der Waals surface area contributed by atoms with Gasteiger partial charge in [-0.1, -0.05) is 152 Å². The molecule has 2 fully saturated rings. The number of esters is 1. The number of imide groups is 2. The lowest BCUT2D eigenvalue weighted by Crippen LogP contribution is -2.53. The normalized spacial score (nSPS) is 22.8. The summed E-state index contributed by atoms with van der Waals surface area (Å²) in [7, 11) is 0. The molecule has 1 N–H and O–H groups in total. The van der Waals surface area contributed by atoms with Crippen LogP contribution < -0.4 is 0 Å². The van der Waals surface area contributed by atoms with Crippen LogP contribution in [-0.4, -0.2) is 70.2 Å². The van der Waals surface area contributed by atoms with Crippen LogP contribution in [0.1, 0.15) is 191 Å². The number of aliphatic carboxylic acids is 1. The molecule has 358 valence electrons. The Morgan fingerprint density at radius 3 is 1.18 bits per heavy atom. The van der Waals surface area contributed by atoms with Gasteiger partial charge in [-0.2, -0.15) is 0 Å². The number of ether oxygens (including phenoxy) is 1. The number of hydrogen-bond acceptors (Lipinski definition) is 7. The number of carbonyl (C=O) groups excluding carboxylic acids is 5. The van der Waals surface area contributed by atoms with Crippen molar-refractivity contribution >= 4 is 35.6 Å². The van der Waals surface area contributed by atoms with E-state index in [0.717, 1.165) is 6.42 Å². The maximum atomic E-state index is 14.9. The van der Waals surface area contributed by atoms with Gasteiger partial charge in [0.15, 0.2) is 0 Å². The molecule has 0 saturated carbocycles. The highest BCUT2D eigenvalue weighted by Gasteiger charge is 2.66. The average molecular weight is 873 g/mol. The molecule has 0 aromatic heterocycles. The van der Waals surface area contributed by atoms with Crippen molar-refractivity contribution < 1.29 is 38.6 Å². The smallest absolute Gasteiger partial charge is 0.310 e. The van der Waals surface area contributed by atoms with E-state index in [2.05, 4.69) is 90.0 Å². The van der Waals surface area contributed by atoms with E-state index in [1.807, 2.05) is 62.3 Å². The van der Waals surface area contributed by atoms with Crippen molar-refractivity contribution in [2.75, 3.05) is 19.7 Å². The Morgan fingerprint density at radius 1 is 0.532 bits per heavy atom. The molecule has 0 aliphatic carbocycles. The molecule has 0 spiro atoms. The van der Waals surface area contributed by atoms with Crippen LogP contribution in [0.4, 0.5) is 0 Å². The lowest BCUT2D eigenvalue weighted by molar-refractivity contribution is -0.170. The minimum Gasteiger partial charge on any atom is -0.481 e. The molecule has 4 amide bonds. The zero-order valence-corrected chi connectivity index (χ0v) is 43.8. The highest BCUT2D eigenvalue weighted by molar-refractivity contribution is 6.06. The van der Waals surface area contributed by atoms with Gasteiger partial charge in [-0.25, -0.2) is 0 Å². The highest BCUT2D eigenvalue weighted by Crippen LogP contribution is 2.64. The molecule has 2 aliphatic heterocycles. The number of nitrogens with zero attached hydrogens (tertiary/aromatic N) is 2. The van der Waals surface area contributed by atoms with Gasteiger partial charge in [0.1, 0.15) is 0 Å². The summed E-state index contributed by atoms with van der Waals surface area (Å²) in [5.74, 6) is -6.88. The van der Waals surface area contributed by atoms with Crippen LogP contribution in [0.15, 0.2) is 0 Å². The van der Waals surface area contributed by atoms with Crippen LogP contribution in [0.25, 0.3) is 0 Å². The second-order valence-electron chi connectivity index (χ2n) is 26.2. The van der Waals surface area contributed by atoms with Gasteiger partial charge in [0, 0.05) is 13.1 Å². The summed E-state index contributed by atoms with van der Waals surface area (Å²) in [6.07, 6.45) is 2.85. The van der Waals surface area contributed by atoms with Crippen molar-refractivity contribution in [1.82, 2.24) is 9.80 Å². The number of carboxylic acid groups (broad SMARTS) is 1. The Bertz CT molecular complexity index is 1680. The first kappa shape index (κ1) is 55.4. The molecule has 2 rings (SSSR count). The van der Waals surface area contributed by atoms with E-state index in [1.54, 1.807) is 6.92 Å². The fraction of sp³-hybridized carbons (Fsp3) is 0.885. The summed E-state index contributed by atoms with van der Waals surface area (Å²) in [6, 6.07) is 0. The summed E-state index contributed by atoms with van der Waals surface area (Å²) in [5, 5.41) is 10.9. The molecular formula is C52H92N2O8. The standard InChI is InChI=1S/C52H92N2O8/c1-24-27-53-38(55)32(46(10,11)29-44(4,5)6)34(40(53)57)51(20,21)49(16,17)30-47(12,13)33-35(41(58)54(28-25-2)39(33)56)52(22,23)50(18,19)31-48(14,15)36(42(59)60)37(45(7,8)9)43(61)62-26-3/h32-37H,24-31H2,1-23H3,(H,59,60). The topological polar surface area (TPSA) is 138 Å². The number of amides is 4. The van der Waals surface area contributed by atoms with Crippen molar-refractivity contribution in [1.29, 1.82) is 0 Å². The van der Waals surface area contributed by atoms with Crippen LogP contribution in [0.5, 0.6) is 0 Å². The summed E-state index contributed by atoms with van der Waals surface area (Å²) in [6.45, 7) is 47.5. The SMILES string of the molecule is CCCN1C(=O)C(C(C)(C)CC(C)(C)C(C)(C)C2C(=O)N(CCC)C(=O)C2C(C)(C)CC(C)(C)C)C(C(C)(C)C(C)(C)CC(C)(C)C(C(=O)O)C(C(=O)OCC)C(C)(C)C)C1=O. The highest BCUT2D eigenvalue weighted by atomic mass is 16.5. The van der Waals surface area contributed by atoms with Crippen molar-refractivity contribution in [2.45, 2.75) is 191 Å². The van der Waals surface area contributed by atoms with Gasteiger partial charge >= 0.3 is 11.9 Å². The van der Waals surface area contributed by atoms with E-state index >= 15 is 0 Å². The molecule has 0 bridgehead atoms. The second kappa shape index (κ2) is 18.2. The molecule has 2 heterocycles. The summed E-state index contributed by atoms with van der Waals surface area (Å²) in [4.78, 5) is 88.8. The first-order valence-corrected chi connectivity index (χ1v) is 23.7. The van der Waals surface area contributed by atoms with E-state index in [9.17, 15) is 33.9 Å². The largest absolute Gasteiger partial charge is 0.481 e. The third-order valence-electron chi connectivity index (χ3n) is 16.1. The van der Waals surface area contributed by atoms with Crippen LogP contribution in [0.2, 0.25) is 0 Å². The van der Waals surface area contributed by atoms with Gasteiger partial charge < -0.3 is 9.84 Å². The Labute approximate surface area is 378 Å². The summed E-state index contributed by atoms with van der Waals surface area (Å²) < 4.78 is 5.48. The van der Waals surface area contributed by atoms with Crippen molar-refractivity contribution in [3.05, 3.63) is 0 Å². The predicted molar refractivity (Wildman–Crippen MR) is 248 cm³/mol. The van der Waals surface area contributed by atoms with E-state index in [0.29, 0.717) is 38.8 Å². The third-order valence-corrected chi connectivity index (χ3v) is 16.1. The predicted octanol–water partition coefficient (Wildman–Crippen LogP) is 11.3. The van der Waals surface area contributed by atoms with Crippen molar-refractivity contribution in [3.63, 3.8) is 0 Å². The van der Waals surface area contributed by atoms with Crippen LogP contribution in [-0.2, 0) is 33.5 Å². The first-order valence-electron chi connectivity index (χ1n) is 23.7. The number of likely N-dealkylation sites (tertiary alicyclic amines) is 2. The molecule has 2 aliphatic rings. The number of hydrogen-bond donors (Lipinski definition) is 1. The van der Waals surface area contributed by atoms with Crippen LogP contribution in [0, 0.1) is 84.2 Å². The fourth-order valence-electron chi connectivity index (χ4n) is 12.8. The Kier molecular flexibility index (Phi) is 16.3. The number of rotatable bonds is 20. The fourth-order valence-corrected chi connectivity index (χ4v) is 12.8. The summed E-state index contributed by atoms with van der Waals surface area (Å²) in [5.41, 5.74) is -5.87. The van der Waals surface area contributed by atoms with Crippen LogP contribution >= 0.6 is 0 Å². The van der Waals surface area contributed by atoms with Gasteiger partial charge in [0.2, 0.25) is 23.6 Å². The molecule has 10 nitrogen and oxygen atoms in total. The Hall–Kier alpha value is -2.78. The Balaban J connectivity index is 2.80. The van der Waals surface area contributed by atoms with Gasteiger partial charge in [-0.15, -0.1) is 0 Å². The molecule has 6 unspecified atom stereocenters. The minimum atomic E-state index is -1.10. The van der Waals surface area contributed by atoms with Gasteiger partial charge in [0.05, 0.1) is 42.1 Å². The zero-order valence-electron chi connectivity index (χ0n) is 43.8. The van der Waals surface area contributed by atoms with Crippen molar-refractivity contribution in [3.8, 4) is 0 Å². The molecule has 0 radical (unpaired) electrons. The maximum absolute atomic E-state index is 14.9. The molecule has 0 aromatic carbocycles. The lowest BCUT2D eigenvalue weighted by atomic mass is 9.48. The average Bonchev–Trinajstić information content (AvgIpc) is 3.46. The molecule has 6 atom stereocenters.